The summed E-state index contributed by atoms with van der Waals surface area (Å²) in [5.41, 5.74) is 3.44. The first-order valence-electron chi connectivity index (χ1n) is 7.63. The molecule has 0 radical (unpaired) electrons. The van der Waals surface area contributed by atoms with Gasteiger partial charge in [-0.05, 0) is 32.0 Å². The third kappa shape index (κ3) is 2.80. The average Bonchev–Trinajstić information content (AvgIpc) is 2.90. The summed E-state index contributed by atoms with van der Waals surface area (Å²) < 4.78 is 5.33. The Hall–Kier alpha value is -2.75. The summed E-state index contributed by atoms with van der Waals surface area (Å²) in [6.45, 7) is 3.80. The summed E-state index contributed by atoms with van der Waals surface area (Å²) in [6, 6.07) is 15.1. The molecule has 0 saturated heterocycles. The minimum atomic E-state index is -0.357. The van der Waals surface area contributed by atoms with Crippen LogP contribution in [0.15, 0.2) is 48.5 Å². The number of aryl methyl sites for hydroxylation is 1. The molecule has 0 unspecified atom stereocenters. The maximum atomic E-state index is 12.9. The Labute approximate surface area is 135 Å². The van der Waals surface area contributed by atoms with Crippen molar-refractivity contribution in [2.75, 3.05) is 12.4 Å². The van der Waals surface area contributed by atoms with Crippen molar-refractivity contribution in [1.82, 2.24) is 4.98 Å². The summed E-state index contributed by atoms with van der Waals surface area (Å²) in [5.74, 6) is 0.786. The number of methoxy groups -OCH3 is 1. The maximum absolute atomic E-state index is 12.9. The van der Waals surface area contributed by atoms with E-state index in [-0.39, 0.29) is 11.8 Å². The number of ketones is 1. The molecular formula is C19H20N2O2. The summed E-state index contributed by atoms with van der Waals surface area (Å²) in [4.78, 5) is 16.2. The molecule has 4 heteroatoms. The molecule has 23 heavy (non-hydrogen) atoms. The van der Waals surface area contributed by atoms with E-state index >= 15 is 0 Å². The molecular weight excluding hydrogens is 288 g/mol. The predicted octanol–water partition coefficient (Wildman–Crippen LogP) is 4.17. The average molecular weight is 308 g/mol. The molecule has 4 nitrogen and oxygen atoms in total. The zero-order valence-corrected chi connectivity index (χ0v) is 13.5. The van der Waals surface area contributed by atoms with Gasteiger partial charge < -0.3 is 15.0 Å². The largest absolute Gasteiger partial charge is 0.495 e. The van der Waals surface area contributed by atoms with Gasteiger partial charge in [-0.25, -0.2) is 0 Å². The molecule has 1 heterocycles. The van der Waals surface area contributed by atoms with E-state index in [1.165, 1.54) is 0 Å². The van der Waals surface area contributed by atoms with Crippen LogP contribution in [0.2, 0.25) is 0 Å². The summed E-state index contributed by atoms with van der Waals surface area (Å²) in [7, 11) is 1.62. The van der Waals surface area contributed by atoms with E-state index in [1.807, 2.05) is 62.4 Å². The molecule has 0 saturated carbocycles. The second-order valence-corrected chi connectivity index (χ2v) is 5.60. The van der Waals surface area contributed by atoms with E-state index in [9.17, 15) is 4.79 Å². The SMILES string of the molecule is COc1ccccc1N[C@H](C)C(=O)c1c(C)[nH]c2ccccc12. The number of hydrogen-bond donors (Lipinski definition) is 2. The number of Topliss-reactive ketones (excluding diaryl/α,β-unsaturated/α-hetero) is 1. The van der Waals surface area contributed by atoms with Crippen LogP contribution in [0.4, 0.5) is 5.69 Å². The molecule has 3 rings (SSSR count). The molecule has 2 N–H and O–H groups in total. The van der Waals surface area contributed by atoms with Gasteiger partial charge in [0.05, 0.1) is 18.8 Å². The van der Waals surface area contributed by atoms with Crippen LogP contribution < -0.4 is 10.1 Å². The normalized spacial score (nSPS) is 12.1. The van der Waals surface area contributed by atoms with Gasteiger partial charge in [0.1, 0.15) is 5.75 Å². The molecule has 3 aromatic rings. The lowest BCUT2D eigenvalue weighted by Gasteiger charge is -2.16. The number of nitrogens with one attached hydrogen (secondary N) is 2. The number of fused-ring (bicyclic) bond motifs is 1. The number of hydrogen-bond acceptors (Lipinski definition) is 3. The fourth-order valence-electron chi connectivity index (χ4n) is 2.87. The second-order valence-electron chi connectivity index (χ2n) is 5.60. The van der Waals surface area contributed by atoms with E-state index in [2.05, 4.69) is 10.3 Å². The number of H-pyrrole nitrogens is 1. The van der Waals surface area contributed by atoms with E-state index in [0.29, 0.717) is 0 Å². The standard InChI is InChI=1S/C19H20N2O2/c1-12-18(14-8-4-5-9-15(14)20-12)19(22)13(2)21-16-10-6-7-11-17(16)23-3/h4-11,13,20-21H,1-3H3/t13-/m1/s1. The van der Waals surface area contributed by atoms with Gasteiger partial charge in [0.25, 0.3) is 0 Å². The number of carbonyl (C=O) groups is 1. The number of carbonyl (C=O) groups excluding carboxylic acids is 1. The Kier molecular flexibility index (Phi) is 4.06. The van der Waals surface area contributed by atoms with Gasteiger partial charge in [-0.3, -0.25) is 4.79 Å². The van der Waals surface area contributed by atoms with Crippen LogP contribution in [0.5, 0.6) is 5.75 Å². The highest BCUT2D eigenvalue weighted by Crippen LogP contribution is 2.27. The van der Waals surface area contributed by atoms with Crippen LogP contribution in [0, 0.1) is 6.92 Å². The van der Waals surface area contributed by atoms with Crippen LogP contribution in [0.3, 0.4) is 0 Å². The molecule has 0 aliphatic carbocycles. The highest BCUT2D eigenvalue weighted by Gasteiger charge is 2.22. The van der Waals surface area contributed by atoms with Gasteiger partial charge in [-0.15, -0.1) is 0 Å². The first-order chi connectivity index (χ1) is 11.1. The topological polar surface area (TPSA) is 54.1 Å². The number of benzene rings is 2. The van der Waals surface area contributed by atoms with Gasteiger partial charge in [0.15, 0.2) is 5.78 Å². The highest BCUT2D eigenvalue weighted by atomic mass is 16.5. The quantitative estimate of drug-likeness (QED) is 0.696. The van der Waals surface area contributed by atoms with Gasteiger partial charge in [-0.2, -0.15) is 0 Å². The number of anilines is 1. The van der Waals surface area contributed by atoms with Crippen LogP contribution in [-0.4, -0.2) is 23.9 Å². The van der Waals surface area contributed by atoms with Gasteiger partial charge in [0.2, 0.25) is 0 Å². The van der Waals surface area contributed by atoms with Crippen molar-refractivity contribution < 1.29 is 9.53 Å². The monoisotopic (exact) mass is 308 g/mol. The first-order valence-corrected chi connectivity index (χ1v) is 7.63. The minimum absolute atomic E-state index is 0.0610. The molecule has 0 amide bonds. The lowest BCUT2D eigenvalue weighted by Crippen LogP contribution is -2.26. The molecule has 0 aliphatic rings. The van der Waals surface area contributed by atoms with Crippen molar-refractivity contribution >= 4 is 22.4 Å². The van der Waals surface area contributed by atoms with Gasteiger partial charge in [-0.1, -0.05) is 30.3 Å². The smallest absolute Gasteiger partial charge is 0.187 e. The lowest BCUT2D eigenvalue weighted by atomic mass is 10.0. The zero-order valence-electron chi connectivity index (χ0n) is 13.5. The molecule has 118 valence electrons. The molecule has 1 aromatic heterocycles. The van der Waals surface area contributed by atoms with Crippen molar-refractivity contribution in [2.45, 2.75) is 19.9 Å². The van der Waals surface area contributed by atoms with Crippen LogP contribution >= 0.6 is 0 Å². The summed E-state index contributed by atoms with van der Waals surface area (Å²) >= 11 is 0. The number of ether oxygens (including phenoxy) is 1. The fraction of sp³-hybridized carbons (Fsp3) is 0.211. The molecule has 0 fully saturated rings. The molecule has 0 spiro atoms. The Bertz CT molecular complexity index is 851. The van der Waals surface area contributed by atoms with Crippen LogP contribution in [0.25, 0.3) is 10.9 Å². The number of aromatic amines is 1. The molecule has 2 aromatic carbocycles. The third-order valence-electron chi connectivity index (χ3n) is 4.01. The van der Waals surface area contributed by atoms with Crippen molar-refractivity contribution in [1.29, 1.82) is 0 Å². The Morgan fingerprint density at radius 1 is 1.13 bits per heavy atom. The van der Waals surface area contributed by atoms with Gasteiger partial charge >= 0.3 is 0 Å². The van der Waals surface area contributed by atoms with E-state index in [1.54, 1.807) is 7.11 Å². The third-order valence-corrected chi connectivity index (χ3v) is 4.01. The summed E-state index contributed by atoms with van der Waals surface area (Å²) in [5, 5.41) is 4.21. The minimum Gasteiger partial charge on any atom is -0.495 e. The van der Waals surface area contributed by atoms with E-state index in [0.717, 1.165) is 33.6 Å². The first kappa shape index (κ1) is 15.2. The van der Waals surface area contributed by atoms with Crippen molar-refractivity contribution in [2.24, 2.45) is 0 Å². The second kappa shape index (κ2) is 6.16. The van der Waals surface area contributed by atoms with Gasteiger partial charge in [0, 0.05) is 22.2 Å². The summed E-state index contributed by atoms with van der Waals surface area (Å²) in [6.07, 6.45) is 0. The predicted molar refractivity (Wildman–Crippen MR) is 93.4 cm³/mol. The number of aromatic nitrogens is 1. The van der Waals surface area contributed by atoms with Crippen molar-refractivity contribution in [3.05, 3.63) is 59.8 Å². The molecule has 1 atom stereocenters. The van der Waals surface area contributed by atoms with Crippen molar-refractivity contribution in [3.8, 4) is 5.75 Å². The van der Waals surface area contributed by atoms with Crippen LogP contribution in [-0.2, 0) is 0 Å². The Balaban J connectivity index is 1.91. The Morgan fingerprint density at radius 2 is 1.83 bits per heavy atom. The lowest BCUT2D eigenvalue weighted by molar-refractivity contribution is 0.0976. The fourth-order valence-corrected chi connectivity index (χ4v) is 2.87. The number of para-hydroxylation sites is 3. The number of rotatable bonds is 5. The maximum Gasteiger partial charge on any atom is 0.187 e. The molecule has 0 aliphatic heterocycles. The zero-order chi connectivity index (χ0) is 16.4. The van der Waals surface area contributed by atoms with E-state index < -0.39 is 0 Å². The Morgan fingerprint density at radius 3 is 2.61 bits per heavy atom. The highest BCUT2D eigenvalue weighted by molar-refractivity contribution is 6.12. The van der Waals surface area contributed by atoms with Crippen molar-refractivity contribution in [3.63, 3.8) is 0 Å². The molecule has 0 bridgehead atoms. The van der Waals surface area contributed by atoms with E-state index in [4.69, 9.17) is 4.74 Å². The van der Waals surface area contributed by atoms with Crippen LogP contribution in [0.1, 0.15) is 23.0 Å².